The topological polar surface area (TPSA) is 58.4 Å². The van der Waals surface area contributed by atoms with Crippen molar-refractivity contribution in [3.8, 4) is 11.5 Å². The molecule has 0 saturated carbocycles. The molecule has 0 aliphatic carbocycles. The number of carbonyl (C=O) groups is 1. The maximum Gasteiger partial charge on any atom is 0.228 e. The molecule has 25 heavy (non-hydrogen) atoms. The van der Waals surface area contributed by atoms with Gasteiger partial charge in [-0.05, 0) is 51.9 Å². The van der Waals surface area contributed by atoms with E-state index in [1.165, 1.54) is 12.8 Å². The molecule has 1 aliphatic rings. The van der Waals surface area contributed by atoms with E-state index in [0.29, 0.717) is 35.0 Å². The molecule has 1 amide bonds. The van der Waals surface area contributed by atoms with Crippen molar-refractivity contribution < 1.29 is 9.21 Å². The van der Waals surface area contributed by atoms with Gasteiger partial charge in [0.25, 0.3) is 0 Å². The number of benzene rings is 1. The molecule has 3 rings (SSSR count). The number of nitrogens with one attached hydrogen (secondary N) is 1. The molecule has 1 unspecified atom stereocenters. The number of halogens is 1. The molecule has 5 nitrogen and oxygen atoms in total. The minimum absolute atomic E-state index is 0.0341. The number of rotatable bonds is 6. The van der Waals surface area contributed by atoms with Gasteiger partial charge in [-0.3, -0.25) is 9.69 Å². The molecule has 6 heteroatoms. The third-order valence-electron chi connectivity index (χ3n) is 4.68. The van der Waals surface area contributed by atoms with E-state index in [-0.39, 0.29) is 12.3 Å². The lowest BCUT2D eigenvalue weighted by molar-refractivity contribution is -0.120. The second-order valence-electron chi connectivity index (χ2n) is 6.57. The van der Waals surface area contributed by atoms with Crippen molar-refractivity contribution in [2.45, 2.75) is 39.2 Å². The number of oxazole rings is 1. The summed E-state index contributed by atoms with van der Waals surface area (Å²) in [5, 5.41) is 3.59. The van der Waals surface area contributed by atoms with E-state index < -0.39 is 0 Å². The molecule has 0 spiro atoms. The Morgan fingerprint density at radius 3 is 2.80 bits per heavy atom. The minimum atomic E-state index is -0.0341. The van der Waals surface area contributed by atoms with Crippen molar-refractivity contribution in [3.63, 3.8) is 0 Å². The van der Waals surface area contributed by atoms with E-state index >= 15 is 0 Å². The monoisotopic (exact) mass is 361 g/mol. The van der Waals surface area contributed by atoms with Crippen molar-refractivity contribution in [2.24, 2.45) is 0 Å². The van der Waals surface area contributed by atoms with Gasteiger partial charge in [-0.15, -0.1) is 0 Å². The van der Waals surface area contributed by atoms with Crippen LogP contribution in [0.2, 0.25) is 5.02 Å². The highest BCUT2D eigenvalue weighted by Gasteiger charge is 2.20. The number of carbonyl (C=O) groups excluding carboxylic acids is 1. The maximum absolute atomic E-state index is 12.3. The van der Waals surface area contributed by atoms with Crippen LogP contribution in [0, 0.1) is 6.92 Å². The van der Waals surface area contributed by atoms with Gasteiger partial charge >= 0.3 is 0 Å². The molecule has 1 atom stereocenters. The first kappa shape index (κ1) is 18.0. The number of hydrogen-bond acceptors (Lipinski definition) is 4. The third-order valence-corrected chi connectivity index (χ3v) is 5.01. The Morgan fingerprint density at radius 2 is 2.08 bits per heavy atom. The van der Waals surface area contributed by atoms with Crippen molar-refractivity contribution in [1.82, 2.24) is 15.2 Å². The Morgan fingerprint density at radius 1 is 1.36 bits per heavy atom. The molecule has 134 valence electrons. The average molecular weight is 362 g/mol. The zero-order valence-electron chi connectivity index (χ0n) is 14.7. The Labute approximate surface area is 153 Å². The highest BCUT2D eigenvalue weighted by Crippen LogP contribution is 2.28. The molecular weight excluding hydrogens is 338 g/mol. The number of hydrogen-bond donors (Lipinski definition) is 1. The summed E-state index contributed by atoms with van der Waals surface area (Å²) in [5.41, 5.74) is 1.39. The van der Waals surface area contributed by atoms with Crippen LogP contribution in [-0.4, -0.2) is 41.5 Å². The maximum atomic E-state index is 12.3. The molecule has 0 radical (unpaired) electrons. The molecule has 1 aromatic carbocycles. The Balaban J connectivity index is 1.59. The van der Waals surface area contributed by atoms with Gasteiger partial charge in [0, 0.05) is 12.6 Å². The van der Waals surface area contributed by atoms with Crippen LogP contribution in [0.3, 0.4) is 0 Å². The summed E-state index contributed by atoms with van der Waals surface area (Å²) in [6, 6.07) is 7.76. The lowest BCUT2D eigenvalue weighted by Crippen LogP contribution is -2.41. The van der Waals surface area contributed by atoms with Crippen LogP contribution in [0.4, 0.5) is 0 Å². The molecule has 2 aromatic rings. The highest BCUT2D eigenvalue weighted by molar-refractivity contribution is 6.33. The van der Waals surface area contributed by atoms with E-state index in [0.717, 1.165) is 18.7 Å². The average Bonchev–Trinajstić information content (AvgIpc) is 3.24. The van der Waals surface area contributed by atoms with Crippen LogP contribution >= 0.6 is 11.6 Å². The van der Waals surface area contributed by atoms with Crippen LogP contribution in [0.5, 0.6) is 0 Å². The first-order valence-electron chi connectivity index (χ1n) is 8.76. The van der Waals surface area contributed by atoms with Gasteiger partial charge in [0.05, 0.1) is 22.7 Å². The second kappa shape index (κ2) is 8.02. The first-order valence-corrected chi connectivity index (χ1v) is 9.14. The minimum Gasteiger partial charge on any atom is -0.441 e. The van der Waals surface area contributed by atoms with Gasteiger partial charge in [-0.25, -0.2) is 4.98 Å². The third kappa shape index (κ3) is 4.41. The molecule has 1 N–H and O–H groups in total. The quantitative estimate of drug-likeness (QED) is 0.856. The fraction of sp³-hybridized carbons (Fsp3) is 0.474. The zero-order valence-corrected chi connectivity index (χ0v) is 15.5. The van der Waals surface area contributed by atoms with Gasteiger partial charge in [0.1, 0.15) is 5.76 Å². The fourth-order valence-electron chi connectivity index (χ4n) is 3.13. The molecule has 1 aliphatic heterocycles. The van der Waals surface area contributed by atoms with Crippen molar-refractivity contribution in [1.29, 1.82) is 0 Å². The van der Waals surface area contributed by atoms with E-state index in [4.69, 9.17) is 16.0 Å². The van der Waals surface area contributed by atoms with Crippen molar-refractivity contribution in [3.05, 3.63) is 40.7 Å². The summed E-state index contributed by atoms with van der Waals surface area (Å²) < 4.78 is 5.71. The van der Waals surface area contributed by atoms with Crippen LogP contribution in [0.25, 0.3) is 11.5 Å². The zero-order chi connectivity index (χ0) is 17.8. The number of aromatic nitrogens is 1. The van der Waals surface area contributed by atoms with E-state index in [1.54, 1.807) is 6.07 Å². The van der Waals surface area contributed by atoms with Gasteiger partial charge < -0.3 is 9.73 Å². The van der Waals surface area contributed by atoms with Crippen molar-refractivity contribution >= 4 is 17.5 Å². The Hall–Kier alpha value is -1.85. The summed E-state index contributed by atoms with van der Waals surface area (Å²) in [5.74, 6) is 1.07. The van der Waals surface area contributed by atoms with Gasteiger partial charge in [-0.1, -0.05) is 23.7 Å². The smallest absolute Gasteiger partial charge is 0.228 e. The summed E-state index contributed by atoms with van der Waals surface area (Å²) in [6.07, 6.45) is 2.72. The Kier molecular flexibility index (Phi) is 5.76. The summed E-state index contributed by atoms with van der Waals surface area (Å²) >= 11 is 6.19. The molecule has 1 fully saturated rings. The predicted molar refractivity (Wildman–Crippen MR) is 98.7 cm³/mol. The number of aryl methyl sites for hydroxylation is 1. The van der Waals surface area contributed by atoms with Crippen LogP contribution < -0.4 is 5.32 Å². The van der Waals surface area contributed by atoms with E-state index in [9.17, 15) is 4.79 Å². The van der Waals surface area contributed by atoms with Gasteiger partial charge in [0.15, 0.2) is 0 Å². The summed E-state index contributed by atoms with van der Waals surface area (Å²) in [7, 11) is 0. The number of amides is 1. The molecule has 0 bridgehead atoms. The fourth-order valence-corrected chi connectivity index (χ4v) is 3.35. The predicted octanol–water partition coefficient (Wildman–Crippen LogP) is 3.45. The Bertz CT molecular complexity index is 738. The van der Waals surface area contributed by atoms with E-state index in [1.807, 2.05) is 25.1 Å². The molecule has 2 heterocycles. The van der Waals surface area contributed by atoms with Crippen LogP contribution in [-0.2, 0) is 11.2 Å². The van der Waals surface area contributed by atoms with Crippen LogP contribution in [0.15, 0.2) is 28.7 Å². The normalized spacial score (nSPS) is 16.1. The van der Waals surface area contributed by atoms with Gasteiger partial charge in [0.2, 0.25) is 11.8 Å². The molecule has 1 aromatic heterocycles. The molecule has 1 saturated heterocycles. The van der Waals surface area contributed by atoms with E-state index in [2.05, 4.69) is 22.1 Å². The standard InChI is InChI=1S/C19H24ClN3O2/c1-13(23-9-5-6-10-23)12-21-18(24)11-17-14(2)25-19(22-17)15-7-3-4-8-16(15)20/h3-4,7-8,13H,5-6,9-12H2,1-2H3,(H,21,24). The lowest BCUT2D eigenvalue weighted by Gasteiger charge is -2.23. The van der Waals surface area contributed by atoms with Gasteiger partial charge in [-0.2, -0.15) is 0 Å². The number of likely N-dealkylation sites (tertiary alicyclic amines) is 1. The van der Waals surface area contributed by atoms with Crippen molar-refractivity contribution in [2.75, 3.05) is 19.6 Å². The second-order valence-corrected chi connectivity index (χ2v) is 6.98. The lowest BCUT2D eigenvalue weighted by atomic mass is 10.2. The number of nitrogens with zero attached hydrogens (tertiary/aromatic N) is 2. The molecular formula is C19H24ClN3O2. The largest absolute Gasteiger partial charge is 0.441 e. The first-order chi connectivity index (χ1) is 12.0. The SMILES string of the molecule is Cc1oc(-c2ccccc2Cl)nc1CC(=O)NCC(C)N1CCCC1. The van der Waals surface area contributed by atoms with Crippen LogP contribution in [0.1, 0.15) is 31.2 Å². The summed E-state index contributed by atoms with van der Waals surface area (Å²) in [4.78, 5) is 19.1. The highest BCUT2D eigenvalue weighted by atomic mass is 35.5. The summed E-state index contributed by atoms with van der Waals surface area (Å²) in [6.45, 7) is 6.89.